The predicted octanol–water partition coefficient (Wildman–Crippen LogP) is 2.35. The van der Waals surface area contributed by atoms with Gasteiger partial charge in [-0.3, -0.25) is 4.90 Å². The van der Waals surface area contributed by atoms with Crippen molar-refractivity contribution in [2.24, 2.45) is 0 Å². The molecule has 1 aromatic carbocycles. The average molecular weight is 291 g/mol. The summed E-state index contributed by atoms with van der Waals surface area (Å²) in [5.74, 6) is 0. The molecular weight excluding hydrogens is 266 g/mol. The van der Waals surface area contributed by atoms with E-state index in [0.717, 1.165) is 24.3 Å². The number of amides is 2. The van der Waals surface area contributed by atoms with E-state index >= 15 is 0 Å². The number of aliphatic hydroxyl groups is 1. The van der Waals surface area contributed by atoms with E-state index in [4.69, 9.17) is 0 Å². The van der Waals surface area contributed by atoms with E-state index < -0.39 is 6.10 Å². The van der Waals surface area contributed by atoms with Gasteiger partial charge in [0.25, 0.3) is 0 Å². The monoisotopic (exact) mass is 291 g/mol. The zero-order valence-electron chi connectivity index (χ0n) is 12.8. The Kier molecular flexibility index (Phi) is 5.59. The quantitative estimate of drug-likeness (QED) is 0.780. The van der Waals surface area contributed by atoms with Gasteiger partial charge in [0, 0.05) is 18.3 Å². The predicted molar refractivity (Wildman–Crippen MR) is 84.4 cm³/mol. The Morgan fingerprint density at radius 1 is 1.24 bits per heavy atom. The van der Waals surface area contributed by atoms with Crippen molar-refractivity contribution in [3.8, 4) is 0 Å². The molecule has 0 saturated carbocycles. The van der Waals surface area contributed by atoms with Crippen LogP contribution in [0.5, 0.6) is 0 Å². The van der Waals surface area contributed by atoms with Gasteiger partial charge in [-0.25, -0.2) is 4.79 Å². The van der Waals surface area contributed by atoms with Crippen molar-refractivity contribution < 1.29 is 9.90 Å². The summed E-state index contributed by atoms with van der Waals surface area (Å²) in [4.78, 5) is 14.3. The second-order valence-corrected chi connectivity index (χ2v) is 5.73. The molecule has 5 nitrogen and oxygen atoms in total. The molecule has 116 valence electrons. The van der Waals surface area contributed by atoms with Crippen LogP contribution in [0.4, 0.5) is 10.5 Å². The number of urea groups is 1. The van der Waals surface area contributed by atoms with Crippen LogP contribution in [0.1, 0.15) is 38.4 Å². The molecule has 1 aliphatic rings. The number of carbonyl (C=O) groups is 1. The third kappa shape index (κ3) is 4.72. The maximum absolute atomic E-state index is 11.9. The first kappa shape index (κ1) is 15.8. The van der Waals surface area contributed by atoms with Crippen molar-refractivity contribution in [2.75, 3.05) is 25.0 Å². The van der Waals surface area contributed by atoms with Crippen LogP contribution in [0.2, 0.25) is 0 Å². The second-order valence-electron chi connectivity index (χ2n) is 5.73. The number of nitrogens with zero attached hydrogens (tertiary/aromatic N) is 1. The van der Waals surface area contributed by atoms with Crippen molar-refractivity contribution in [1.29, 1.82) is 0 Å². The van der Waals surface area contributed by atoms with Gasteiger partial charge < -0.3 is 15.7 Å². The number of rotatable bonds is 5. The van der Waals surface area contributed by atoms with E-state index in [2.05, 4.69) is 22.5 Å². The Balaban J connectivity index is 1.76. The van der Waals surface area contributed by atoms with Crippen LogP contribution in [0.15, 0.2) is 24.3 Å². The lowest BCUT2D eigenvalue weighted by atomic mass is 10.1. The fraction of sp³-hybridized carbons (Fsp3) is 0.562. The van der Waals surface area contributed by atoms with Gasteiger partial charge in [0.2, 0.25) is 0 Å². The Hall–Kier alpha value is -1.59. The number of likely N-dealkylation sites (tertiary alicyclic amines) is 1. The van der Waals surface area contributed by atoms with Gasteiger partial charge in [-0.05, 0) is 57.5 Å². The molecular formula is C16H25N3O2. The largest absolute Gasteiger partial charge is 0.389 e. The molecule has 0 radical (unpaired) electrons. The Morgan fingerprint density at radius 3 is 2.43 bits per heavy atom. The van der Waals surface area contributed by atoms with Gasteiger partial charge in [0.15, 0.2) is 0 Å². The molecule has 0 aliphatic carbocycles. The molecule has 1 aliphatic heterocycles. The van der Waals surface area contributed by atoms with Crippen molar-refractivity contribution >= 4 is 11.7 Å². The van der Waals surface area contributed by atoms with Crippen molar-refractivity contribution in [2.45, 2.75) is 38.8 Å². The Bertz CT molecular complexity index is 453. The molecule has 5 heteroatoms. The number of nitrogens with one attached hydrogen (secondary N) is 2. The number of hydrogen-bond acceptors (Lipinski definition) is 3. The third-order valence-corrected chi connectivity index (χ3v) is 3.97. The molecule has 2 amide bonds. The number of benzene rings is 1. The number of anilines is 1. The van der Waals surface area contributed by atoms with Gasteiger partial charge in [0.1, 0.15) is 0 Å². The zero-order chi connectivity index (χ0) is 15.2. The average Bonchev–Trinajstić information content (AvgIpc) is 2.99. The molecule has 1 heterocycles. The van der Waals surface area contributed by atoms with Gasteiger partial charge in [-0.1, -0.05) is 12.1 Å². The Labute approximate surface area is 126 Å². The minimum atomic E-state index is -0.491. The van der Waals surface area contributed by atoms with E-state index in [-0.39, 0.29) is 6.03 Å². The smallest absolute Gasteiger partial charge is 0.319 e. The minimum Gasteiger partial charge on any atom is -0.389 e. The summed E-state index contributed by atoms with van der Waals surface area (Å²) < 4.78 is 0. The topological polar surface area (TPSA) is 64.6 Å². The van der Waals surface area contributed by atoms with E-state index in [9.17, 15) is 9.90 Å². The molecule has 0 spiro atoms. The van der Waals surface area contributed by atoms with E-state index in [1.807, 2.05) is 12.1 Å². The lowest BCUT2D eigenvalue weighted by Gasteiger charge is -2.23. The van der Waals surface area contributed by atoms with E-state index in [1.54, 1.807) is 19.1 Å². The van der Waals surface area contributed by atoms with Crippen molar-refractivity contribution in [3.05, 3.63) is 29.8 Å². The van der Waals surface area contributed by atoms with Crippen molar-refractivity contribution in [3.63, 3.8) is 0 Å². The molecule has 1 saturated heterocycles. The van der Waals surface area contributed by atoms with Crippen LogP contribution < -0.4 is 10.6 Å². The number of aliphatic hydroxyl groups excluding tert-OH is 1. The van der Waals surface area contributed by atoms with E-state index in [1.165, 1.54) is 12.8 Å². The highest BCUT2D eigenvalue weighted by atomic mass is 16.3. The molecule has 0 bridgehead atoms. The van der Waals surface area contributed by atoms with Crippen LogP contribution in [-0.4, -0.2) is 41.7 Å². The molecule has 2 rings (SSSR count). The highest BCUT2D eigenvalue weighted by Crippen LogP contribution is 2.15. The van der Waals surface area contributed by atoms with Crippen LogP contribution in [-0.2, 0) is 0 Å². The highest BCUT2D eigenvalue weighted by molar-refractivity contribution is 5.89. The molecule has 1 fully saturated rings. The summed E-state index contributed by atoms with van der Waals surface area (Å²) in [5.41, 5.74) is 1.56. The summed E-state index contributed by atoms with van der Waals surface area (Å²) in [6.07, 6.45) is 2.02. The fourth-order valence-electron chi connectivity index (χ4n) is 2.57. The maximum atomic E-state index is 11.9. The highest BCUT2D eigenvalue weighted by Gasteiger charge is 2.18. The molecule has 2 atom stereocenters. The number of hydrogen-bond donors (Lipinski definition) is 3. The van der Waals surface area contributed by atoms with Gasteiger partial charge in [-0.15, -0.1) is 0 Å². The van der Waals surface area contributed by atoms with Gasteiger partial charge in [-0.2, -0.15) is 0 Å². The van der Waals surface area contributed by atoms with Crippen LogP contribution in [0.25, 0.3) is 0 Å². The first-order valence-electron chi connectivity index (χ1n) is 7.63. The molecule has 21 heavy (non-hydrogen) atoms. The van der Waals surface area contributed by atoms with Gasteiger partial charge in [0.05, 0.1) is 6.10 Å². The summed E-state index contributed by atoms with van der Waals surface area (Å²) in [6.45, 7) is 6.77. The summed E-state index contributed by atoms with van der Waals surface area (Å²) >= 11 is 0. The lowest BCUT2D eigenvalue weighted by Crippen LogP contribution is -2.42. The SMILES string of the molecule is CC(O)c1ccc(NC(=O)NCC(C)N2CCCC2)cc1. The third-order valence-electron chi connectivity index (χ3n) is 3.97. The minimum absolute atomic E-state index is 0.189. The maximum Gasteiger partial charge on any atom is 0.319 e. The zero-order valence-corrected chi connectivity index (χ0v) is 12.8. The Morgan fingerprint density at radius 2 is 1.86 bits per heavy atom. The summed E-state index contributed by atoms with van der Waals surface area (Å²) in [7, 11) is 0. The summed E-state index contributed by atoms with van der Waals surface area (Å²) in [6, 6.07) is 7.40. The molecule has 0 aromatic heterocycles. The van der Waals surface area contributed by atoms with Crippen LogP contribution in [0, 0.1) is 0 Å². The standard InChI is InChI=1S/C16H25N3O2/c1-12(19-9-3-4-10-19)11-17-16(21)18-15-7-5-14(6-8-15)13(2)20/h5-8,12-13,20H,3-4,9-11H2,1-2H3,(H2,17,18,21). The molecule has 3 N–H and O–H groups in total. The van der Waals surface area contributed by atoms with Crippen LogP contribution >= 0.6 is 0 Å². The first-order valence-corrected chi connectivity index (χ1v) is 7.63. The first-order chi connectivity index (χ1) is 10.1. The van der Waals surface area contributed by atoms with Gasteiger partial charge >= 0.3 is 6.03 Å². The fourth-order valence-corrected chi connectivity index (χ4v) is 2.57. The number of carbonyl (C=O) groups excluding carboxylic acids is 1. The summed E-state index contributed by atoms with van der Waals surface area (Å²) in [5, 5.41) is 15.1. The normalized spacial score (nSPS) is 18.2. The van der Waals surface area contributed by atoms with Crippen LogP contribution in [0.3, 0.4) is 0 Å². The van der Waals surface area contributed by atoms with E-state index in [0.29, 0.717) is 12.6 Å². The second kappa shape index (κ2) is 7.43. The lowest BCUT2D eigenvalue weighted by molar-refractivity contribution is 0.199. The van der Waals surface area contributed by atoms with Crippen molar-refractivity contribution in [1.82, 2.24) is 10.2 Å². The molecule has 2 unspecified atom stereocenters. The molecule has 1 aromatic rings.